The van der Waals surface area contributed by atoms with E-state index in [0.717, 1.165) is 31.6 Å². The van der Waals surface area contributed by atoms with Gasteiger partial charge in [0.15, 0.2) is 0 Å². The van der Waals surface area contributed by atoms with Crippen molar-refractivity contribution in [3.63, 3.8) is 0 Å². The van der Waals surface area contributed by atoms with Gasteiger partial charge in [0.1, 0.15) is 12.4 Å². The molecule has 0 saturated heterocycles. The van der Waals surface area contributed by atoms with Crippen LogP contribution in [0.2, 0.25) is 0 Å². The highest BCUT2D eigenvalue weighted by Crippen LogP contribution is 2.22. The molecule has 0 aliphatic heterocycles. The molecule has 4 nitrogen and oxygen atoms in total. The van der Waals surface area contributed by atoms with Crippen LogP contribution < -0.4 is 4.74 Å². The van der Waals surface area contributed by atoms with Gasteiger partial charge in [0.2, 0.25) is 0 Å². The average molecular weight is 274 g/mol. The number of likely N-dealkylation sites (N-methyl/N-ethyl adjacent to an activating group) is 1. The van der Waals surface area contributed by atoms with Crippen LogP contribution in [0.25, 0.3) is 0 Å². The molecule has 1 aliphatic carbocycles. The van der Waals surface area contributed by atoms with Gasteiger partial charge in [0, 0.05) is 12.6 Å². The fraction of sp³-hybridized carbons (Fsp3) is 0.562. The lowest BCUT2D eigenvalue weighted by Gasteiger charge is -2.35. The Kier molecular flexibility index (Phi) is 5.40. The maximum Gasteiger partial charge on any atom is 0.120 e. The summed E-state index contributed by atoms with van der Waals surface area (Å²) in [5.41, 5.74) is 0.610. The van der Waals surface area contributed by atoms with Crippen LogP contribution in [0, 0.1) is 11.3 Å². The van der Waals surface area contributed by atoms with Crippen LogP contribution in [0.1, 0.15) is 31.2 Å². The Labute approximate surface area is 120 Å². The summed E-state index contributed by atoms with van der Waals surface area (Å²) in [5, 5.41) is 18.8. The van der Waals surface area contributed by atoms with E-state index >= 15 is 0 Å². The quantitative estimate of drug-likeness (QED) is 0.894. The van der Waals surface area contributed by atoms with Crippen LogP contribution in [0.15, 0.2) is 24.3 Å². The van der Waals surface area contributed by atoms with E-state index in [4.69, 9.17) is 10.00 Å². The third-order valence-corrected chi connectivity index (χ3v) is 3.94. The first-order valence-corrected chi connectivity index (χ1v) is 7.22. The molecular weight excluding hydrogens is 252 g/mol. The van der Waals surface area contributed by atoms with Gasteiger partial charge < -0.3 is 9.84 Å². The molecule has 0 amide bonds. The zero-order valence-corrected chi connectivity index (χ0v) is 12.0. The second kappa shape index (κ2) is 7.28. The summed E-state index contributed by atoms with van der Waals surface area (Å²) in [6.07, 6.45) is 4.07. The third kappa shape index (κ3) is 3.96. The van der Waals surface area contributed by atoms with Gasteiger partial charge in [-0.15, -0.1) is 0 Å². The predicted octanol–water partition coefficient (Wildman–Crippen LogP) is 2.17. The van der Waals surface area contributed by atoms with Crippen LogP contribution in [0.5, 0.6) is 5.75 Å². The van der Waals surface area contributed by atoms with Gasteiger partial charge >= 0.3 is 0 Å². The average Bonchev–Trinajstić information content (AvgIpc) is 2.48. The molecule has 1 aromatic carbocycles. The summed E-state index contributed by atoms with van der Waals surface area (Å²) in [6.45, 7) is 1.34. The van der Waals surface area contributed by atoms with Crippen LogP contribution >= 0.6 is 0 Å². The van der Waals surface area contributed by atoms with Gasteiger partial charge in [-0.05, 0) is 38.1 Å². The number of rotatable bonds is 5. The van der Waals surface area contributed by atoms with E-state index in [2.05, 4.69) is 11.0 Å². The summed E-state index contributed by atoms with van der Waals surface area (Å²) in [7, 11) is 2.04. The molecule has 0 spiro atoms. The standard InChI is InChI=1S/C16H22N2O2/c1-18(15-7-2-3-8-16(15)19)9-10-20-14-6-4-5-13(11-14)12-17/h4-6,11,15-16,19H,2-3,7-10H2,1H3. The largest absolute Gasteiger partial charge is 0.492 e. The number of nitrogens with zero attached hydrogens (tertiary/aromatic N) is 2. The molecule has 1 aromatic rings. The maximum atomic E-state index is 10.0. The van der Waals surface area contributed by atoms with Crippen molar-refractivity contribution < 1.29 is 9.84 Å². The lowest BCUT2D eigenvalue weighted by atomic mass is 9.92. The first kappa shape index (κ1) is 14.8. The zero-order chi connectivity index (χ0) is 14.4. The van der Waals surface area contributed by atoms with E-state index in [9.17, 15) is 5.11 Å². The van der Waals surface area contributed by atoms with Crippen molar-refractivity contribution in [1.29, 1.82) is 5.26 Å². The van der Waals surface area contributed by atoms with E-state index in [1.807, 2.05) is 19.2 Å². The molecule has 0 radical (unpaired) electrons. The molecular formula is C16H22N2O2. The van der Waals surface area contributed by atoms with Crippen molar-refractivity contribution in [2.24, 2.45) is 0 Å². The third-order valence-electron chi connectivity index (χ3n) is 3.94. The van der Waals surface area contributed by atoms with Crippen molar-refractivity contribution in [2.75, 3.05) is 20.2 Å². The highest BCUT2D eigenvalue weighted by Gasteiger charge is 2.26. The van der Waals surface area contributed by atoms with Gasteiger partial charge in [0.25, 0.3) is 0 Å². The Hall–Kier alpha value is -1.57. The number of benzene rings is 1. The molecule has 1 aliphatic rings. The lowest BCUT2D eigenvalue weighted by Crippen LogP contribution is -2.44. The first-order valence-electron chi connectivity index (χ1n) is 7.22. The number of hydrogen-bond acceptors (Lipinski definition) is 4. The number of ether oxygens (including phenoxy) is 1. The fourth-order valence-electron chi connectivity index (χ4n) is 2.73. The topological polar surface area (TPSA) is 56.5 Å². The molecule has 1 fully saturated rings. The van der Waals surface area contributed by atoms with E-state index in [1.54, 1.807) is 12.1 Å². The van der Waals surface area contributed by atoms with Crippen molar-refractivity contribution in [3.8, 4) is 11.8 Å². The highest BCUT2D eigenvalue weighted by atomic mass is 16.5. The van der Waals surface area contributed by atoms with Crippen molar-refractivity contribution >= 4 is 0 Å². The monoisotopic (exact) mass is 274 g/mol. The maximum absolute atomic E-state index is 10.0. The molecule has 0 heterocycles. The van der Waals surface area contributed by atoms with Gasteiger partial charge in [-0.3, -0.25) is 4.90 Å². The number of aliphatic hydroxyl groups is 1. The number of aliphatic hydroxyl groups excluding tert-OH is 1. The molecule has 0 bridgehead atoms. The minimum Gasteiger partial charge on any atom is -0.492 e. The van der Waals surface area contributed by atoms with Crippen molar-refractivity contribution in [2.45, 2.75) is 37.8 Å². The Balaban J connectivity index is 1.78. The van der Waals surface area contributed by atoms with Gasteiger partial charge in [-0.2, -0.15) is 5.26 Å². The molecule has 2 rings (SSSR count). The Morgan fingerprint density at radius 2 is 2.20 bits per heavy atom. The zero-order valence-electron chi connectivity index (χ0n) is 12.0. The van der Waals surface area contributed by atoms with Gasteiger partial charge in [-0.1, -0.05) is 18.9 Å². The van der Waals surface area contributed by atoms with Gasteiger partial charge in [-0.25, -0.2) is 0 Å². The minimum absolute atomic E-state index is 0.212. The minimum atomic E-state index is -0.212. The van der Waals surface area contributed by atoms with Gasteiger partial charge in [0.05, 0.1) is 17.7 Å². The summed E-state index contributed by atoms with van der Waals surface area (Å²) in [6, 6.07) is 9.53. The van der Waals surface area contributed by atoms with Crippen molar-refractivity contribution in [3.05, 3.63) is 29.8 Å². The predicted molar refractivity (Wildman–Crippen MR) is 77.5 cm³/mol. The van der Waals surface area contributed by atoms with Crippen LogP contribution in [-0.4, -0.2) is 42.4 Å². The summed E-state index contributed by atoms with van der Waals surface area (Å²) >= 11 is 0. The van der Waals surface area contributed by atoms with Crippen molar-refractivity contribution in [1.82, 2.24) is 4.90 Å². The molecule has 1 N–H and O–H groups in total. The highest BCUT2D eigenvalue weighted by molar-refractivity contribution is 5.36. The normalized spacial score (nSPS) is 22.5. The molecule has 1 saturated carbocycles. The van der Waals surface area contributed by atoms with Crippen LogP contribution in [-0.2, 0) is 0 Å². The molecule has 4 heteroatoms. The number of hydrogen-bond donors (Lipinski definition) is 1. The lowest BCUT2D eigenvalue weighted by molar-refractivity contribution is 0.0272. The second-order valence-corrected chi connectivity index (χ2v) is 5.39. The van der Waals surface area contributed by atoms with E-state index in [1.165, 1.54) is 6.42 Å². The van der Waals surface area contributed by atoms with E-state index in [0.29, 0.717) is 12.2 Å². The molecule has 2 unspecified atom stereocenters. The van der Waals surface area contributed by atoms with Crippen LogP contribution in [0.3, 0.4) is 0 Å². The Morgan fingerprint density at radius 1 is 1.40 bits per heavy atom. The molecule has 2 atom stereocenters. The smallest absolute Gasteiger partial charge is 0.120 e. The number of nitriles is 1. The summed E-state index contributed by atoms with van der Waals surface area (Å²) < 4.78 is 5.67. The van der Waals surface area contributed by atoms with E-state index < -0.39 is 0 Å². The molecule has 20 heavy (non-hydrogen) atoms. The fourth-order valence-corrected chi connectivity index (χ4v) is 2.73. The van der Waals surface area contributed by atoms with Crippen LogP contribution in [0.4, 0.5) is 0 Å². The van der Waals surface area contributed by atoms with E-state index in [-0.39, 0.29) is 12.1 Å². The molecule has 0 aromatic heterocycles. The summed E-state index contributed by atoms with van der Waals surface area (Å²) in [5.74, 6) is 0.724. The SMILES string of the molecule is CN(CCOc1cccc(C#N)c1)C1CCCCC1O. The Morgan fingerprint density at radius 3 is 2.95 bits per heavy atom. The first-order chi connectivity index (χ1) is 9.70. The molecule has 108 valence electrons. The summed E-state index contributed by atoms with van der Waals surface area (Å²) in [4.78, 5) is 2.18. The second-order valence-electron chi connectivity index (χ2n) is 5.39. The Bertz CT molecular complexity index is 470.